The summed E-state index contributed by atoms with van der Waals surface area (Å²) in [6, 6.07) is 6.96. The third-order valence-corrected chi connectivity index (χ3v) is 2.93. The highest BCUT2D eigenvalue weighted by molar-refractivity contribution is 5.74. The molecule has 0 unspecified atom stereocenters. The van der Waals surface area contributed by atoms with Crippen molar-refractivity contribution in [3.8, 4) is 0 Å². The van der Waals surface area contributed by atoms with Gasteiger partial charge in [-0.1, -0.05) is 19.9 Å². The molecule has 0 saturated carbocycles. The Morgan fingerprint density at radius 3 is 2.94 bits per heavy atom. The van der Waals surface area contributed by atoms with E-state index in [9.17, 15) is 0 Å². The lowest BCUT2D eigenvalue weighted by atomic mass is 10.1. The number of hydrogen-bond donors (Lipinski definition) is 3. The van der Waals surface area contributed by atoms with E-state index in [2.05, 4.69) is 52.6 Å². The van der Waals surface area contributed by atoms with Crippen molar-refractivity contribution in [2.45, 2.75) is 26.3 Å². The van der Waals surface area contributed by atoms with Gasteiger partial charge in [-0.05, 0) is 30.7 Å². The van der Waals surface area contributed by atoms with Crippen molar-refractivity contribution < 1.29 is 0 Å². The normalized spacial score (nSPS) is 11.5. The number of nitrogens with zero attached hydrogens (tertiary/aromatic N) is 1. The number of benzene rings is 1. The summed E-state index contributed by atoms with van der Waals surface area (Å²) in [5, 5.41) is 6.83. The van der Waals surface area contributed by atoms with Crippen LogP contribution >= 0.6 is 0 Å². The molecular formula is C14H22N4. The fourth-order valence-electron chi connectivity index (χ4n) is 1.95. The van der Waals surface area contributed by atoms with Gasteiger partial charge in [-0.15, -0.1) is 0 Å². The summed E-state index contributed by atoms with van der Waals surface area (Å²) in [7, 11) is 0. The van der Waals surface area contributed by atoms with Crippen LogP contribution in [-0.4, -0.2) is 35.6 Å². The summed E-state index contributed by atoms with van der Waals surface area (Å²) in [5.74, 6) is 0. The number of nitrogens with one attached hydrogen (secondary N) is 3. The summed E-state index contributed by atoms with van der Waals surface area (Å²) >= 11 is 0. The topological polar surface area (TPSA) is 52.7 Å². The predicted molar refractivity (Wildman–Crippen MR) is 75.8 cm³/mol. The zero-order valence-electron chi connectivity index (χ0n) is 11.2. The molecule has 98 valence electrons. The zero-order chi connectivity index (χ0) is 12.8. The highest BCUT2D eigenvalue weighted by Crippen LogP contribution is 2.11. The Kier molecular flexibility index (Phi) is 4.73. The number of imidazole rings is 1. The minimum Gasteiger partial charge on any atom is -0.345 e. The molecule has 1 aromatic carbocycles. The van der Waals surface area contributed by atoms with Gasteiger partial charge in [0.05, 0.1) is 17.4 Å². The maximum Gasteiger partial charge on any atom is 0.0931 e. The van der Waals surface area contributed by atoms with E-state index < -0.39 is 0 Å². The first-order valence-electron chi connectivity index (χ1n) is 6.62. The first-order chi connectivity index (χ1) is 8.75. The fourth-order valence-corrected chi connectivity index (χ4v) is 1.95. The lowest BCUT2D eigenvalue weighted by Crippen LogP contribution is -2.32. The molecule has 0 aliphatic rings. The van der Waals surface area contributed by atoms with Crippen LogP contribution in [0.1, 0.15) is 19.4 Å². The molecule has 4 heteroatoms. The lowest BCUT2D eigenvalue weighted by Gasteiger charge is -2.09. The van der Waals surface area contributed by atoms with Gasteiger partial charge in [0, 0.05) is 19.1 Å². The molecule has 0 bridgehead atoms. The average Bonchev–Trinajstić information content (AvgIpc) is 2.80. The molecule has 0 aliphatic carbocycles. The Balaban J connectivity index is 1.70. The van der Waals surface area contributed by atoms with Crippen LogP contribution in [0.5, 0.6) is 0 Å². The third-order valence-electron chi connectivity index (χ3n) is 2.93. The van der Waals surface area contributed by atoms with E-state index in [-0.39, 0.29) is 0 Å². The second kappa shape index (κ2) is 6.52. The minimum atomic E-state index is 0.564. The molecule has 0 fully saturated rings. The van der Waals surface area contributed by atoms with Crippen molar-refractivity contribution in [3.05, 3.63) is 30.1 Å². The monoisotopic (exact) mass is 246 g/mol. The number of aromatic nitrogens is 2. The van der Waals surface area contributed by atoms with Gasteiger partial charge in [0.1, 0.15) is 0 Å². The number of H-pyrrole nitrogens is 1. The zero-order valence-corrected chi connectivity index (χ0v) is 11.2. The summed E-state index contributed by atoms with van der Waals surface area (Å²) < 4.78 is 0. The van der Waals surface area contributed by atoms with Gasteiger partial charge in [0.2, 0.25) is 0 Å². The number of aromatic amines is 1. The first kappa shape index (κ1) is 13.1. The number of hydrogen-bond acceptors (Lipinski definition) is 3. The smallest absolute Gasteiger partial charge is 0.0931 e. The molecule has 18 heavy (non-hydrogen) atoms. The quantitative estimate of drug-likeness (QED) is 0.652. The first-order valence-corrected chi connectivity index (χ1v) is 6.62. The Morgan fingerprint density at radius 1 is 1.22 bits per heavy atom. The Bertz CT molecular complexity index is 475. The van der Waals surface area contributed by atoms with Crippen LogP contribution in [0.3, 0.4) is 0 Å². The van der Waals surface area contributed by atoms with Gasteiger partial charge < -0.3 is 15.6 Å². The van der Waals surface area contributed by atoms with E-state index >= 15 is 0 Å². The van der Waals surface area contributed by atoms with Crippen LogP contribution < -0.4 is 10.6 Å². The third kappa shape index (κ3) is 3.82. The Hall–Kier alpha value is -1.39. The molecule has 0 amide bonds. The average molecular weight is 246 g/mol. The molecule has 0 atom stereocenters. The number of rotatable bonds is 7. The van der Waals surface area contributed by atoms with Crippen LogP contribution in [0.4, 0.5) is 0 Å². The molecule has 0 aliphatic heterocycles. The summed E-state index contributed by atoms with van der Waals surface area (Å²) in [6.45, 7) is 7.39. The van der Waals surface area contributed by atoms with Gasteiger partial charge in [0.15, 0.2) is 0 Å². The molecular weight excluding hydrogens is 224 g/mol. The summed E-state index contributed by atoms with van der Waals surface area (Å²) in [5.41, 5.74) is 3.50. The van der Waals surface area contributed by atoms with Gasteiger partial charge in [-0.3, -0.25) is 0 Å². The second-order valence-corrected chi connectivity index (χ2v) is 4.86. The molecule has 1 aromatic heterocycles. The van der Waals surface area contributed by atoms with Gasteiger partial charge in [-0.25, -0.2) is 4.98 Å². The SMILES string of the molecule is CC(C)NCCNCCc1ccc2nc[nH]c2c1. The maximum absolute atomic E-state index is 4.22. The summed E-state index contributed by atoms with van der Waals surface area (Å²) in [4.78, 5) is 7.36. The van der Waals surface area contributed by atoms with E-state index in [0.717, 1.165) is 37.1 Å². The van der Waals surface area contributed by atoms with Crippen LogP contribution in [0.25, 0.3) is 11.0 Å². The molecule has 2 aromatic rings. The van der Waals surface area contributed by atoms with E-state index in [1.165, 1.54) is 5.56 Å². The minimum absolute atomic E-state index is 0.564. The molecule has 0 saturated heterocycles. The van der Waals surface area contributed by atoms with Crippen molar-refractivity contribution in [3.63, 3.8) is 0 Å². The lowest BCUT2D eigenvalue weighted by molar-refractivity contribution is 0.556. The molecule has 0 radical (unpaired) electrons. The highest BCUT2D eigenvalue weighted by atomic mass is 15.0. The van der Waals surface area contributed by atoms with Gasteiger partial charge >= 0.3 is 0 Å². The Morgan fingerprint density at radius 2 is 2.11 bits per heavy atom. The molecule has 2 rings (SSSR count). The molecule has 0 spiro atoms. The standard InChI is InChI=1S/C14H22N4/c1-11(2)16-8-7-15-6-5-12-3-4-13-14(9-12)18-10-17-13/h3-4,9-11,15-16H,5-8H2,1-2H3,(H,17,18). The van der Waals surface area contributed by atoms with Crippen LogP contribution in [0.15, 0.2) is 24.5 Å². The fraction of sp³-hybridized carbons (Fsp3) is 0.500. The van der Waals surface area contributed by atoms with Gasteiger partial charge in [0.25, 0.3) is 0 Å². The van der Waals surface area contributed by atoms with Crippen LogP contribution in [0, 0.1) is 0 Å². The number of fused-ring (bicyclic) bond motifs is 1. The van der Waals surface area contributed by atoms with Crippen LogP contribution in [0.2, 0.25) is 0 Å². The van der Waals surface area contributed by atoms with Crippen LogP contribution in [-0.2, 0) is 6.42 Å². The van der Waals surface area contributed by atoms with Gasteiger partial charge in [-0.2, -0.15) is 0 Å². The van der Waals surface area contributed by atoms with E-state index in [0.29, 0.717) is 6.04 Å². The van der Waals surface area contributed by atoms with Crippen molar-refractivity contribution in [2.24, 2.45) is 0 Å². The second-order valence-electron chi connectivity index (χ2n) is 4.86. The molecule has 3 N–H and O–H groups in total. The van der Waals surface area contributed by atoms with E-state index in [4.69, 9.17) is 0 Å². The maximum atomic E-state index is 4.22. The Labute approximate surface area is 108 Å². The largest absolute Gasteiger partial charge is 0.345 e. The van der Waals surface area contributed by atoms with Crippen molar-refractivity contribution in [1.29, 1.82) is 0 Å². The van der Waals surface area contributed by atoms with Crippen molar-refractivity contribution in [2.75, 3.05) is 19.6 Å². The van der Waals surface area contributed by atoms with E-state index in [1.54, 1.807) is 6.33 Å². The van der Waals surface area contributed by atoms with E-state index in [1.807, 2.05) is 0 Å². The van der Waals surface area contributed by atoms with Crippen molar-refractivity contribution >= 4 is 11.0 Å². The highest BCUT2D eigenvalue weighted by Gasteiger charge is 1.98. The predicted octanol–water partition coefficient (Wildman–Crippen LogP) is 1.69. The molecule has 1 heterocycles. The van der Waals surface area contributed by atoms with Crippen molar-refractivity contribution in [1.82, 2.24) is 20.6 Å². The summed E-state index contributed by atoms with van der Waals surface area (Å²) in [6.07, 6.45) is 2.79. The molecule has 4 nitrogen and oxygen atoms in total.